The molecule has 6 rings (SSSR count). The van der Waals surface area contributed by atoms with E-state index in [9.17, 15) is 0 Å². The molecule has 2 aliphatic carbocycles. The second kappa shape index (κ2) is 7.15. The number of hydrogen-bond donors (Lipinski definition) is 0. The molecule has 4 aromatic carbocycles. The standard InChI is InChI=1S/C30H24/c1-3-7-21(8-4-1)23-11-15-27-25(19-23)13-17-29(27)30-18-14-26-20-24(12-16-28(26)30)22-9-5-2-6-10-22/h1-12,15-16,19-20H,13-14,17-18H2/b30-29+. The van der Waals surface area contributed by atoms with Crippen molar-refractivity contribution in [2.24, 2.45) is 0 Å². The fourth-order valence-electron chi connectivity index (χ4n) is 5.23. The summed E-state index contributed by atoms with van der Waals surface area (Å²) in [5.41, 5.74) is 14.4. The van der Waals surface area contributed by atoms with E-state index < -0.39 is 0 Å². The van der Waals surface area contributed by atoms with Crippen molar-refractivity contribution in [2.75, 3.05) is 0 Å². The maximum atomic E-state index is 2.41. The van der Waals surface area contributed by atoms with Gasteiger partial charge in [-0.1, -0.05) is 97.1 Å². The Labute approximate surface area is 178 Å². The predicted octanol–water partition coefficient (Wildman–Crippen LogP) is 7.82. The Kier molecular flexibility index (Phi) is 4.16. The Hall–Kier alpha value is -3.38. The summed E-state index contributed by atoms with van der Waals surface area (Å²) in [5.74, 6) is 0. The molecule has 0 saturated heterocycles. The minimum Gasteiger partial charge on any atom is -0.0622 e. The van der Waals surface area contributed by atoms with Crippen LogP contribution in [0.2, 0.25) is 0 Å². The first-order valence-electron chi connectivity index (χ1n) is 11.0. The van der Waals surface area contributed by atoms with Gasteiger partial charge in [-0.15, -0.1) is 0 Å². The average molecular weight is 385 g/mol. The second-order valence-electron chi connectivity index (χ2n) is 8.43. The van der Waals surface area contributed by atoms with Crippen molar-refractivity contribution in [1.29, 1.82) is 0 Å². The lowest BCUT2D eigenvalue weighted by molar-refractivity contribution is 1.06. The molecular weight excluding hydrogens is 360 g/mol. The predicted molar refractivity (Wildman–Crippen MR) is 127 cm³/mol. The molecule has 0 amide bonds. The first-order valence-corrected chi connectivity index (χ1v) is 11.0. The van der Waals surface area contributed by atoms with E-state index in [1.165, 1.54) is 57.3 Å². The van der Waals surface area contributed by atoms with Crippen LogP contribution >= 0.6 is 0 Å². The smallest absolute Gasteiger partial charge is 0.0181 e. The lowest BCUT2D eigenvalue weighted by Crippen LogP contribution is -1.88. The van der Waals surface area contributed by atoms with Crippen LogP contribution in [0.4, 0.5) is 0 Å². The number of aryl methyl sites for hydroxylation is 2. The monoisotopic (exact) mass is 384 g/mol. The van der Waals surface area contributed by atoms with E-state index in [2.05, 4.69) is 97.1 Å². The first kappa shape index (κ1) is 17.5. The van der Waals surface area contributed by atoms with Gasteiger partial charge in [-0.05, 0) is 81.3 Å². The van der Waals surface area contributed by atoms with Crippen molar-refractivity contribution in [3.05, 3.63) is 119 Å². The molecule has 0 bridgehead atoms. The van der Waals surface area contributed by atoms with Crippen LogP contribution in [0.5, 0.6) is 0 Å². The van der Waals surface area contributed by atoms with Gasteiger partial charge in [-0.2, -0.15) is 0 Å². The summed E-state index contributed by atoms with van der Waals surface area (Å²) in [6, 6.07) is 35.6. The lowest BCUT2D eigenvalue weighted by atomic mass is 9.94. The van der Waals surface area contributed by atoms with Crippen LogP contribution in [0.15, 0.2) is 97.1 Å². The van der Waals surface area contributed by atoms with E-state index in [1.54, 1.807) is 11.1 Å². The normalized spacial score (nSPS) is 17.1. The summed E-state index contributed by atoms with van der Waals surface area (Å²) < 4.78 is 0. The van der Waals surface area contributed by atoms with E-state index >= 15 is 0 Å². The number of allylic oxidation sites excluding steroid dienone is 2. The van der Waals surface area contributed by atoms with Crippen LogP contribution in [-0.2, 0) is 12.8 Å². The van der Waals surface area contributed by atoms with Gasteiger partial charge in [0, 0.05) is 0 Å². The van der Waals surface area contributed by atoms with Crippen molar-refractivity contribution in [3.63, 3.8) is 0 Å². The molecule has 30 heavy (non-hydrogen) atoms. The van der Waals surface area contributed by atoms with E-state index in [4.69, 9.17) is 0 Å². The Morgan fingerprint density at radius 3 is 1.23 bits per heavy atom. The maximum absolute atomic E-state index is 2.41. The van der Waals surface area contributed by atoms with Crippen LogP contribution in [-0.4, -0.2) is 0 Å². The number of rotatable bonds is 2. The van der Waals surface area contributed by atoms with Crippen molar-refractivity contribution in [3.8, 4) is 22.3 Å². The van der Waals surface area contributed by atoms with Gasteiger partial charge in [0.2, 0.25) is 0 Å². The largest absolute Gasteiger partial charge is 0.0622 e. The summed E-state index contributed by atoms with van der Waals surface area (Å²) in [5, 5.41) is 0. The molecule has 0 nitrogen and oxygen atoms in total. The third kappa shape index (κ3) is 2.92. The summed E-state index contributed by atoms with van der Waals surface area (Å²) in [7, 11) is 0. The highest BCUT2D eigenvalue weighted by Gasteiger charge is 2.25. The molecule has 0 aliphatic heterocycles. The molecule has 0 saturated carbocycles. The van der Waals surface area contributed by atoms with Gasteiger partial charge >= 0.3 is 0 Å². The fraction of sp³-hybridized carbons (Fsp3) is 0.133. The summed E-state index contributed by atoms with van der Waals surface area (Å²) in [6.45, 7) is 0. The molecule has 0 heteroatoms. The zero-order valence-corrected chi connectivity index (χ0v) is 17.1. The number of benzene rings is 4. The Bertz CT molecular complexity index is 1160. The quantitative estimate of drug-likeness (QED) is 0.330. The molecule has 0 radical (unpaired) electrons. The Balaban J connectivity index is 1.39. The maximum Gasteiger partial charge on any atom is -0.0181 e. The second-order valence-corrected chi connectivity index (χ2v) is 8.43. The van der Waals surface area contributed by atoms with E-state index in [1.807, 2.05) is 0 Å². The van der Waals surface area contributed by atoms with E-state index in [-0.39, 0.29) is 0 Å². The summed E-state index contributed by atoms with van der Waals surface area (Å²) >= 11 is 0. The highest BCUT2D eigenvalue weighted by molar-refractivity contribution is 5.96. The van der Waals surface area contributed by atoms with Crippen LogP contribution < -0.4 is 0 Å². The zero-order valence-electron chi connectivity index (χ0n) is 17.1. The molecule has 0 fully saturated rings. The Morgan fingerprint density at radius 1 is 0.367 bits per heavy atom. The van der Waals surface area contributed by atoms with Gasteiger partial charge < -0.3 is 0 Å². The first-order chi connectivity index (χ1) is 14.9. The summed E-state index contributed by atoms with van der Waals surface area (Å²) in [6.07, 6.45) is 4.66. The van der Waals surface area contributed by atoms with Gasteiger partial charge in [0.15, 0.2) is 0 Å². The summed E-state index contributed by atoms with van der Waals surface area (Å²) in [4.78, 5) is 0. The number of hydrogen-bond acceptors (Lipinski definition) is 0. The van der Waals surface area contributed by atoms with Crippen molar-refractivity contribution < 1.29 is 0 Å². The molecule has 0 N–H and O–H groups in total. The minimum absolute atomic E-state index is 1.16. The molecule has 0 unspecified atom stereocenters. The highest BCUT2D eigenvalue weighted by Crippen LogP contribution is 2.45. The SMILES string of the molecule is c1ccc(-c2ccc3c(c2)CC/C3=C2/CCc3cc(-c4ccccc4)ccc32)cc1. The number of fused-ring (bicyclic) bond motifs is 2. The van der Waals surface area contributed by atoms with Gasteiger partial charge in [0.25, 0.3) is 0 Å². The van der Waals surface area contributed by atoms with Gasteiger partial charge in [-0.3, -0.25) is 0 Å². The molecule has 2 aliphatic rings. The van der Waals surface area contributed by atoms with E-state index in [0.29, 0.717) is 0 Å². The molecule has 0 aromatic heterocycles. The fourth-order valence-corrected chi connectivity index (χ4v) is 5.23. The Morgan fingerprint density at radius 2 is 0.800 bits per heavy atom. The molecule has 4 aromatic rings. The average Bonchev–Trinajstić information content (AvgIpc) is 3.43. The lowest BCUT2D eigenvalue weighted by Gasteiger charge is -2.10. The molecule has 0 spiro atoms. The van der Waals surface area contributed by atoms with Crippen LogP contribution in [0, 0.1) is 0 Å². The van der Waals surface area contributed by atoms with Crippen LogP contribution in [0.1, 0.15) is 35.1 Å². The molecule has 0 heterocycles. The van der Waals surface area contributed by atoms with Crippen molar-refractivity contribution in [1.82, 2.24) is 0 Å². The third-order valence-corrected chi connectivity index (χ3v) is 6.73. The van der Waals surface area contributed by atoms with Crippen molar-refractivity contribution in [2.45, 2.75) is 25.7 Å². The van der Waals surface area contributed by atoms with Crippen LogP contribution in [0.3, 0.4) is 0 Å². The van der Waals surface area contributed by atoms with Gasteiger partial charge in [0.05, 0.1) is 0 Å². The molecule has 144 valence electrons. The van der Waals surface area contributed by atoms with E-state index in [0.717, 1.165) is 12.8 Å². The van der Waals surface area contributed by atoms with Gasteiger partial charge in [-0.25, -0.2) is 0 Å². The molecular formula is C30H24. The van der Waals surface area contributed by atoms with Crippen LogP contribution in [0.25, 0.3) is 33.4 Å². The molecule has 0 atom stereocenters. The zero-order chi connectivity index (χ0) is 19.9. The minimum atomic E-state index is 1.16. The van der Waals surface area contributed by atoms with Gasteiger partial charge in [0.1, 0.15) is 0 Å². The topological polar surface area (TPSA) is 0 Å². The highest BCUT2D eigenvalue weighted by atomic mass is 14.3. The third-order valence-electron chi connectivity index (χ3n) is 6.73. The van der Waals surface area contributed by atoms with Crippen molar-refractivity contribution >= 4 is 11.1 Å².